The summed E-state index contributed by atoms with van der Waals surface area (Å²) in [7, 11) is -3.33. The van der Waals surface area contributed by atoms with E-state index in [-0.39, 0.29) is 14.8 Å². The minimum Gasteiger partial charge on any atom is -0.236 e. The summed E-state index contributed by atoms with van der Waals surface area (Å²) in [6, 6.07) is 2.12. The second-order valence-electron chi connectivity index (χ2n) is 6.06. The van der Waals surface area contributed by atoms with Crippen molar-refractivity contribution in [2.45, 2.75) is 23.3 Å². The largest absolute Gasteiger partial charge is 0.416 e. The number of alkyl halides is 6. The molecule has 3 aromatic rings. The van der Waals surface area contributed by atoms with Gasteiger partial charge in [-0.05, 0) is 23.8 Å². The van der Waals surface area contributed by atoms with Crippen molar-refractivity contribution in [2.75, 3.05) is 7.05 Å². The van der Waals surface area contributed by atoms with Gasteiger partial charge in [0.2, 0.25) is 0 Å². The normalized spacial score (nSPS) is 16.1. The van der Waals surface area contributed by atoms with Crippen LogP contribution in [0.5, 0.6) is 0 Å². The predicted octanol–water partition coefficient (Wildman–Crippen LogP) is 4.30. The van der Waals surface area contributed by atoms with Gasteiger partial charge in [-0.1, -0.05) is 12.1 Å². The molecule has 2 heterocycles. The summed E-state index contributed by atoms with van der Waals surface area (Å²) in [5.41, 5.74) is -1.51. The van der Waals surface area contributed by atoms with Crippen molar-refractivity contribution in [3.63, 3.8) is 0 Å². The highest BCUT2D eigenvalue weighted by atomic mass is 32.2. The fourth-order valence-corrected chi connectivity index (χ4v) is 4.12. The quantitative estimate of drug-likeness (QED) is 0.619. The smallest absolute Gasteiger partial charge is 0.236 e. The number of hydrogen-bond acceptors (Lipinski definition) is 4. The summed E-state index contributed by atoms with van der Waals surface area (Å²) in [5.74, 6) is 0. The fraction of sp³-hybridized carbons (Fsp3) is 0.250. The lowest BCUT2D eigenvalue weighted by atomic mass is 10.0. The topological polar surface area (TPSA) is 74.4 Å². The molecule has 29 heavy (non-hydrogen) atoms. The number of aromatic nitrogens is 3. The van der Waals surface area contributed by atoms with Crippen molar-refractivity contribution in [3.8, 4) is 0 Å². The van der Waals surface area contributed by atoms with Gasteiger partial charge in [-0.25, -0.2) is 22.8 Å². The lowest BCUT2D eigenvalue weighted by molar-refractivity contribution is -0.170. The Balaban J connectivity index is 2.04. The van der Waals surface area contributed by atoms with Crippen molar-refractivity contribution in [1.29, 1.82) is 4.78 Å². The van der Waals surface area contributed by atoms with E-state index in [1.54, 1.807) is 0 Å². The second-order valence-corrected chi connectivity index (χ2v) is 8.16. The molecule has 2 atom stereocenters. The Bertz CT molecular complexity index is 1120. The monoisotopic (exact) mass is 437 g/mol. The summed E-state index contributed by atoms with van der Waals surface area (Å²) in [5, 5.41) is 3.80. The van der Waals surface area contributed by atoms with Crippen LogP contribution in [-0.2, 0) is 16.1 Å². The molecule has 0 aliphatic rings. The van der Waals surface area contributed by atoms with Crippen molar-refractivity contribution >= 4 is 15.6 Å². The number of benzene rings is 1. The van der Waals surface area contributed by atoms with Crippen LogP contribution in [0.1, 0.15) is 17.2 Å². The number of nitrogens with zero attached hydrogens (tertiary/aromatic N) is 4. The zero-order chi connectivity index (χ0) is 21.6. The summed E-state index contributed by atoms with van der Waals surface area (Å²) >= 11 is 0. The molecule has 1 aromatic carbocycles. The first kappa shape index (κ1) is 21.0. The van der Waals surface area contributed by atoms with Crippen LogP contribution in [0.25, 0.3) is 5.65 Å². The van der Waals surface area contributed by atoms with E-state index in [0.717, 1.165) is 7.05 Å². The molecule has 0 amide bonds. The molecule has 156 valence electrons. The number of fused-ring (bicyclic) bond motifs is 1. The average Bonchev–Trinajstić information content (AvgIpc) is 3.08. The van der Waals surface area contributed by atoms with E-state index in [4.69, 9.17) is 4.78 Å². The summed E-state index contributed by atoms with van der Waals surface area (Å²) in [6.07, 6.45) is -7.25. The molecule has 2 aromatic heterocycles. The molecule has 1 N–H and O–H groups in total. The van der Waals surface area contributed by atoms with Crippen LogP contribution in [0.15, 0.2) is 53.8 Å². The summed E-state index contributed by atoms with van der Waals surface area (Å²) in [6.45, 7) is 0. The molecule has 3 rings (SSSR count). The molecule has 0 aliphatic heterocycles. The minimum absolute atomic E-state index is 0.175. The van der Waals surface area contributed by atoms with Gasteiger partial charge in [-0.15, -0.1) is 0 Å². The van der Waals surface area contributed by atoms with Gasteiger partial charge in [-0.3, -0.25) is 0 Å². The highest BCUT2D eigenvalue weighted by Gasteiger charge is 2.47. The molecule has 0 saturated carbocycles. The van der Waals surface area contributed by atoms with Crippen molar-refractivity contribution < 1.29 is 30.6 Å². The van der Waals surface area contributed by atoms with E-state index in [1.165, 1.54) is 29.2 Å². The molecule has 0 saturated heterocycles. The molecule has 0 spiro atoms. The van der Waals surface area contributed by atoms with Crippen molar-refractivity contribution in [2.24, 2.45) is 0 Å². The Kier molecular flexibility index (Phi) is 5.07. The second kappa shape index (κ2) is 6.99. The molecule has 6 nitrogen and oxygen atoms in total. The summed E-state index contributed by atoms with van der Waals surface area (Å²) in [4.78, 5) is 3.58. The van der Waals surface area contributed by atoms with Gasteiger partial charge in [-0.2, -0.15) is 31.4 Å². The maximum absolute atomic E-state index is 13.7. The maximum Gasteiger partial charge on any atom is 0.416 e. The maximum atomic E-state index is 13.7. The Morgan fingerprint density at radius 1 is 1.10 bits per heavy atom. The zero-order valence-corrected chi connectivity index (χ0v) is 15.4. The number of hydrogen-bond donors (Lipinski definition) is 1. The lowest BCUT2D eigenvalue weighted by Gasteiger charge is -2.31. The highest BCUT2D eigenvalue weighted by Crippen LogP contribution is 2.40. The summed E-state index contributed by atoms with van der Waals surface area (Å²) < 4.78 is 102. The van der Waals surface area contributed by atoms with Crippen molar-refractivity contribution in [1.82, 2.24) is 18.9 Å². The Morgan fingerprint density at radius 2 is 1.72 bits per heavy atom. The molecule has 0 bridgehead atoms. The molecule has 0 fully saturated rings. The predicted molar refractivity (Wildman–Crippen MR) is 90.1 cm³/mol. The molecule has 0 radical (unpaired) electrons. The molecule has 0 aliphatic carbocycles. The van der Waals surface area contributed by atoms with Gasteiger partial charge in [0.15, 0.2) is 5.65 Å². The number of pyridine rings is 1. The first-order chi connectivity index (χ1) is 13.3. The third kappa shape index (κ3) is 4.05. The number of rotatable bonds is 4. The SMILES string of the molecule is CN([C@H](c1ccc(C(F)(F)F)cc1)C(F)(F)F)[S@@](=N)(=O)c1ccn2ncnc2c1. The van der Waals surface area contributed by atoms with Crippen LogP contribution in [0.2, 0.25) is 0 Å². The van der Waals surface area contributed by atoms with Gasteiger partial charge in [0, 0.05) is 19.3 Å². The van der Waals surface area contributed by atoms with Gasteiger partial charge in [0.1, 0.15) is 22.3 Å². The van der Waals surface area contributed by atoms with Crippen LogP contribution in [0.3, 0.4) is 0 Å². The van der Waals surface area contributed by atoms with Gasteiger partial charge < -0.3 is 0 Å². The van der Waals surface area contributed by atoms with Crippen LogP contribution in [0, 0.1) is 4.78 Å². The Morgan fingerprint density at radius 3 is 2.28 bits per heavy atom. The fourth-order valence-electron chi connectivity index (χ4n) is 2.74. The van der Waals surface area contributed by atoms with Crippen LogP contribution < -0.4 is 0 Å². The van der Waals surface area contributed by atoms with E-state index in [0.29, 0.717) is 24.3 Å². The third-order valence-corrected chi connectivity index (χ3v) is 6.12. The van der Waals surface area contributed by atoms with Gasteiger partial charge in [0.05, 0.1) is 10.5 Å². The first-order valence-corrected chi connectivity index (χ1v) is 9.38. The molecular weight excluding hydrogens is 424 g/mol. The van der Waals surface area contributed by atoms with Gasteiger partial charge in [0.25, 0.3) is 0 Å². The molecule has 0 unspecified atom stereocenters. The van der Waals surface area contributed by atoms with E-state index >= 15 is 0 Å². The molecule has 13 heteroatoms. The zero-order valence-electron chi connectivity index (χ0n) is 14.6. The molecular formula is C16H13F6N5OS. The lowest BCUT2D eigenvalue weighted by Crippen LogP contribution is -2.39. The number of halogens is 6. The number of nitrogens with one attached hydrogen (secondary N) is 1. The van der Waals surface area contributed by atoms with Gasteiger partial charge >= 0.3 is 12.4 Å². The van der Waals surface area contributed by atoms with E-state index < -0.39 is 39.4 Å². The average molecular weight is 437 g/mol. The standard InChI is InChI=1S/C16H13F6N5OS/c1-26(29(23,28)12-6-7-27-13(8-12)24-9-25-27)14(16(20,21)22)10-2-4-11(5-3-10)15(17,18)19/h2-9,14,23H,1H3/t14-,29-/m1/s1. The minimum atomic E-state index is -5.00. The Labute approximate surface area is 160 Å². The van der Waals surface area contributed by atoms with Crippen LogP contribution >= 0.6 is 0 Å². The third-order valence-electron chi connectivity index (χ3n) is 4.20. The Hall–Kier alpha value is -2.67. The highest BCUT2D eigenvalue weighted by molar-refractivity contribution is 7.90. The van der Waals surface area contributed by atoms with E-state index in [1.807, 2.05) is 0 Å². The van der Waals surface area contributed by atoms with Crippen molar-refractivity contribution in [3.05, 3.63) is 60.0 Å². The first-order valence-electron chi connectivity index (χ1n) is 7.87. The van der Waals surface area contributed by atoms with E-state index in [9.17, 15) is 30.6 Å². The van der Waals surface area contributed by atoms with E-state index in [2.05, 4.69) is 10.1 Å². The van der Waals surface area contributed by atoms with Crippen LogP contribution in [0.4, 0.5) is 26.3 Å². The van der Waals surface area contributed by atoms with Crippen LogP contribution in [-0.4, -0.2) is 36.3 Å².